The maximum absolute atomic E-state index is 15.0. The average Bonchev–Trinajstić information content (AvgIpc) is 3.66. The fourth-order valence-corrected chi connectivity index (χ4v) is 8.35. The molecule has 4 amide bonds. The molecule has 2 aromatic carbocycles. The maximum Gasteiger partial charge on any atom is 0.260 e. The number of carbonyl (C=O) groups is 4. The van der Waals surface area contributed by atoms with Gasteiger partial charge in [-0.15, -0.1) is 0 Å². The van der Waals surface area contributed by atoms with Gasteiger partial charge >= 0.3 is 0 Å². The first-order chi connectivity index (χ1) is 21.5. The Morgan fingerprint density at radius 3 is 2.27 bits per heavy atom. The van der Waals surface area contributed by atoms with Crippen LogP contribution in [-0.2, 0) is 31.2 Å². The Kier molecular flexibility index (Phi) is 6.67. The molecule has 2 saturated heterocycles. The zero-order valence-electron chi connectivity index (χ0n) is 25.8. The van der Waals surface area contributed by atoms with Crippen molar-refractivity contribution in [1.82, 2.24) is 9.91 Å². The van der Waals surface area contributed by atoms with Crippen LogP contribution >= 0.6 is 0 Å². The molecule has 0 spiro atoms. The summed E-state index contributed by atoms with van der Waals surface area (Å²) in [5, 5.41) is 11.1. The highest BCUT2D eigenvalue weighted by Gasteiger charge is 2.71. The Balaban J connectivity index is 1.43. The molecule has 2 aliphatic heterocycles. The van der Waals surface area contributed by atoms with Crippen LogP contribution in [0.15, 0.2) is 82.8 Å². The van der Waals surface area contributed by atoms with Crippen molar-refractivity contribution in [2.75, 3.05) is 5.43 Å². The molecule has 3 aromatic rings. The minimum atomic E-state index is -1.40. The minimum Gasteiger partial charge on any atom is -0.463 e. The van der Waals surface area contributed by atoms with E-state index in [-0.39, 0.29) is 24.8 Å². The van der Waals surface area contributed by atoms with E-state index in [1.54, 1.807) is 12.1 Å². The van der Waals surface area contributed by atoms with Gasteiger partial charge < -0.3 is 9.52 Å². The van der Waals surface area contributed by atoms with E-state index in [0.29, 0.717) is 29.2 Å². The summed E-state index contributed by atoms with van der Waals surface area (Å²) in [5.41, 5.74) is 4.12. The number of furan rings is 1. The number of hydrogen-bond donors (Lipinski definition) is 2. The first kappa shape index (κ1) is 29.2. The SMILES string of the molecule is Cc1ccc(NN2C(=O)C3CC4C(=CCC5C(=O)N(C(C)(C)C)C(=O)C54)C(c4ccc(CO)o4)C3(c3ccccc3)C2=O)cc1. The van der Waals surface area contributed by atoms with Crippen molar-refractivity contribution in [3.8, 4) is 0 Å². The molecule has 1 aromatic heterocycles. The fourth-order valence-electron chi connectivity index (χ4n) is 8.35. The number of aliphatic hydroxyl groups excluding tert-OH is 1. The number of nitrogens with one attached hydrogen (secondary N) is 1. The van der Waals surface area contributed by atoms with Crippen LogP contribution in [0.5, 0.6) is 0 Å². The second kappa shape index (κ2) is 10.3. The number of allylic oxidation sites excluding steroid dienone is 2. The summed E-state index contributed by atoms with van der Waals surface area (Å²) in [7, 11) is 0. The monoisotopic (exact) mass is 607 g/mol. The molecular formula is C36H37N3O6. The van der Waals surface area contributed by atoms with Gasteiger partial charge in [0.1, 0.15) is 23.5 Å². The van der Waals surface area contributed by atoms with Gasteiger partial charge in [0, 0.05) is 5.54 Å². The lowest BCUT2D eigenvalue weighted by Crippen LogP contribution is -2.53. The molecule has 2 aliphatic carbocycles. The van der Waals surface area contributed by atoms with Crippen molar-refractivity contribution in [3.63, 3.8) is 0 Å². The van der Waals surface area contributed by atoms with Gasteiger partial charge in [0.2, 0.25) is 11.8 Å². The van der Waals surface area contributed by atoms with Crippen LogP contribution in [0.4, 0.5) is 5.69 Å². The number of aliphatic hydroxyl groups is 1. The summed E-state index contributed by atoms with van der Waals surface area (Å²) in [5.74, 6) is -3.72. The number of imide groups is 2. The van der Waals surface area contributed by atoms with Gasteiger partial charge in [-0.05, 0) is 76.3 Å². The van der Waals surface area contributed by atoms with E-state index in [9.17, 15) is 19.5 Å². The standard InChI is InChI=1S/C36H37N3O6/c1-20-10-12-22(13-11-20)37-39-32(42)27-18-26-24(15-16-25-29(26)33(43)38(31(25)41)35(2,3)4)30(28-17-14-23(19-40)45-28)36(27,34(39)44)21-8-6-5-7-9-21/h5-15,17,25-27,29-30,37,40H,16,18-19H2,1-4H3. The largest absolute Gasteiger partial charge is 0.463 e. The van der Waals surface area contributed by atoms with Crippen LogP contribution in [0.2, 0.25) is 0 Å². The molecule has 9 heteroatoms. The van der Waals surface area contributed by atoms with Crippen molar-refractivity contribution in [3.05, 3.63) is 101 Å². The highest BCUT2D eigenvalue weighted by Crippen LogP contribution is 2.64. The van der Waals surface area contributed by atoms with Crippen molar-refractivity contribution in [2.24, 2.45) is 23.7 Å². The smallest absolute Gasteiger partial charge is 0.260 e. The molecule has 6 unspecified atom stereocenters. The first-order valence-corrected chi connectivity index (χ1v) is 15.5. The van der Waals surface area contributed by atoms with Crippen molar-refractivity contribution < 1.29 is 28.7 Å². The number of nitrogens with zero attached hydrogens (tertiary/aromatic N) is 2. The van der Waals surface area contributed by atoms with Gasteiger partial charge in [0.25, 0.3) is 11.8 Å². The summed E-state index contributed by atoms with van der Waals surface area (Å²) in [6.07, 6.45) is 2.57. The van der Waals surface area contributed by atoms with E-state index < -0.39 is 52.4 Å². The second-order valence-electron chi connectivity index (χ2n) is 13.7. The number of aryl methyl sites for hydroxylation is 1. The molecule has 4 aliphatic rings. The van der Waals surface area contributed by atoms with Crippen molar-refractivity contribution >= 4 is 29.3 Å². The third-order valence-electron chi connectivity index (χ3n) is 10.2. The lowest BCUT2D eigenvalue weighted by atomic mass is 9.50. The zero-order valence-corrected chi connectivity index (χ0v) is 25.8. The maximum atomic E-state index is 15.0. The molecule has 232 valence electrons. The van der Waals surface area contributed by atoms with E-state index in [4.69, 9.17) is 4.42 Å². The summed E-state index contributed by atoms with van der Waals surface area (Å²) in [6, 6.07) is 20.2. The molecule has 6 atom stereocenters. The molecule has 2 N–H and O–H groups in total. The molecule has 45 heavy (non-hydrogen) atoms. The van der Waals surface area contributed by atoms with Crippen LogP contribution in [-0.4, -0.2) is 44.2 Å². The average molecular weight is 608 g/mol. The normalized spacial score (nSPS) is 29.4. The number of amides is 4. The van der Waals surface area contributed by atoms with E-state index in [0.717, 1.165) is 16.1 Å². The van der Waals surface area contributed by atoms with Crippen molar-refractivity contribution in [2.45, 2.75) is 64.0 Å². The molecule has 7 rings (SSSR count). The number of rotatable bonds is 5. The molecule has 1 saturated carbocycles. The number of likely N-dealkylation sites (tertiary alicyclic amines) is 1. The third-order valence-corrected chi connectivity index (χ3v) is 10.2. The summed E-state index contributed by atoms with van der Waals surface area (Å²) >= 11 is 0. The predicted molar refractivity (Wildman–Crippen MR) is 165 cm³/mol. The summed E-state index contributed by atoms with van der Waals surface area (Å²) in [6.45, 7) is 7.19. The van der Waals surface area contributed by atoms with Gasteiger partial charge in [-0.3, -0.25) is 29.5 Å². The molecule has 0 radical (unpaired) electrons. The van der Waals surface area contributed by atoms with Crippen LogP contribution in [0.3, 0.4) is 0 Å². The molecule has 0 bridgehead atoms. The quantitative estimate of drug-likeness (QED) is 0.314. The predicted octanol–water partition coefficient (Wildman–Crippen LogP) is 4.86. The third kappa shape index (κ3) is 4.16. The summed E-state index contributed by atoms with van der Waals surface area (Å²) in [4.78, 5) is 58.7. The van der Waals surface area contributed by atoms with Gasteiger partial charge in [0.15, 0.2) is 0 Å². The Labute approximate surface area is 261 Å². The number of benzene rings is 2. The van der Waals surface area contributed by atoms with Crippen LogP contribution < -0.4 is 5.43 Å². The molecule has 3 fully saturated rings. The fraction of sp³-hybridized carbons (Fsp3) is 0.389. The van der Waals surface area contributed by atoms with Gasteiger partial charge in [0.05, 0.1) is 29.4 Å². The van der Waals surface area contributed by atoms with Gasteiger partial charge in [-0.2, -0.15) is 5.01 Å². The van der Waals surface area contributed by atoms with E-state index in [2.05, 4.69) is 5.43 Å². The minimum absolute atomic E-state index is 0.193. The number of anilines is 1. The van der Waals surface area contributed by atoms with E-state index >= 15 is 4.79 Å². The zero-order chi connectivity index (χ0) is 31.8. The van der Waals surface area contributed by atoms with E-state index in [1.165, 1.54) is 4.90 Å². The Hall–Kier alpha value is -4.50. The van der Waals surface area contributed by atoms with Crippen LogP contribution in [0.25, 0.3) is 0 Å². The molecule has 3 heterocycles. The number of hydrazine groups is 1. The highest BCUT2D eigenvalue weighted by molar-refractivity contribution is 6.13. The molecular weight excluding hydrogens is 570 g/mol. The number of fused-ring (bicyclic) bond motifs is 4. The lowest BCUT2D eigenvalue weighted by Gasteiger charge is -2.49. The summed E-state index contributed by atoms with van der Waals surface area (Å²) < 4.78 is 6.21. The van der Waals surface area contributed by atoms with Gasteiger partial charge in [-0.1, -0.05) is 59.7 Å². The second-order valence-corrected chi connectivity index (χ2v) is 13.7. The van der Waals surface area contributed by atoms with E-state index in [1.807, 2.05) is 88.4 Å². The Morgan fingerprint density at radius 2 is 1.62 bits per heavy atom. The highest BCUT2D eigenvalue weighted by atomic mass is 16.4. The Bertz CT molecular complexity index is 1740. The van der Waals surface area contributed by atoms with Gasteiger partial charge in [-0.25, -0.2) is 0 Å². The van der Waals surface area contributed by atoms with Crippen LogP contribution in [0, 0.1) is 30.6 Å². The molecule has 9 nitrogen and oxygen atoms in total. The first-order valence-electron chi connectivity index (χ1n) is 15.5. The van der Waals surface area contributed by atoms with Crippen molar-refractivity contribution in [1.29, 1.82) is 0 Å². The number of carbonyl (C=O) groups excluding carboxylic acids is 4. The Morgan fingerprint density at radius 1 is 0.911 bits per heavy atom. The topological polar surface area (TPSA) is 120 Å². The number of hydrogen-bond acceptors (Lipinski definition) is 7. The lowest BCUT2D eigenvalue weighted by molar-refractivity contribution is -0.146. The van der Waals surface area contributed by atoms with Crippen LogP contribution in [0.1, 0.15) is 62.2 Å².